The molecule has 0 radical (unpaired) electrons. The monoisotopic (exact) mass is 320 g/mol. The standard InChI is InChI=1S/C17H15F3N2O/c1-10-6-8-11(9-7-10)14-15-16(23,17(18,19)20)21-12-4-2-3-5-13(12)22(14)15/h2-9,14-15,21,23H,1H3/t14-,15+,16+,22?/m0/s1. The fourth-order valence-corrected chi connectivity index (χ4v) is 3.39. The number of hydrogen-bond acceptors (Lipinski definition) is 3. The van der Waals surface area contributed by atoms with Gasteiger partial charge < -0.3 is 15.3 Å². The van der Waals surface area contributed by atoms with E-state index in [2.05, 4.69) is 5.32 Å². The van der Waals surface area contributed by atoms with Gasteiger partial charge in [-0.1, -0.05) is 42.0 Å². The Hall–Kier alpha value is -2.21. The van der Waals surface area contributed by atoms with Crippen molar-refractivity contribution in [1.29, 1.82) is 0 Å². The normalized spacial score (nSPS) is 28.7. The van der Waals surface area contributed by atoms with Gasteiger partial charge in [0.15, 0.2) is 0 Å². The number of hydrogen-bond donors (Lipinski definition) is 2. The minimum absolute atomic E-state index is 0.290. The van der Waals surface area contributed by atoms with Crippen LogP contribution < -0.4 is 10.2 Å². The molecular weight excluding hydrogens is 305 g/mol. The van der Waals surface area contributed by atoms with Gasteiger partial charge in [0.25, 0.3) is 5.72 Å². The lowest BCUT2D eigenvalue weighted by Crippen LogP contribution is -2.59. The Kier molecular flexibility index (Phi) is 2.76. The number of anilines is 2. The second kappa shape index (κ2) is 4.41. The molecule has 3 atom stereocenters. The lowest BCUT2D eigenvalue weighted by atomic mass is 10.00. The van der Waals surface area contributed by atoms with E-state index in [-0.39, 0.29) is 5.69 Å². The van der Waals surface area contributed by atoms with Crippen molar-refractivity contribution in [3.8, 4) is 0 Å². The molecule has 0 unspecified atom stereocenters. The topological polar surface area (TPSA) is 35.3 Å². The first-order chi connectivity index (χ1) is 10.8. The Morgan fingerprint density at radius 3 is 2.39 bits per heavy atom. The molecule has 2 N–H and O–H groups in total. The molecule has 0 amide bonds. The van der Waals surface area contributed by atoms with Gasteiger partial charge in [-0.05, 0) is 24.6 Å². The molecule has 0 bridgehead atoms. The number of benzene rings is 2. The van der Waals surface area contributed by atoms with Gasteiger partial charge in [0.05, 0.1) is 17.4 Å². The zero-order chi connectivity index (χ0) is 16.4. The minimum atomic E-state index is -4.77. The summed E-state index contributed by atoms with van der Waals surface area (Å²) in [6.07, 6.45) is -4.77. The van der Waals surface area contributed by atoms with Crippen LogP contribution in [0, 0.1) is 6.92 Å². The number of rotatable bonds is 1. The number of nitrogens with zero attached hydrogens (tertiary/aromatic N) is 1. The molecule has 1 fully saturated rings. The Labute approximate surface area is 131 Å². The zero-order valence-corrected chi connectivity index (χ0v) is 12.3. The second-order valence-corrected chi connectivity index (χ2v) is 6.11. The molecule has 2 aromatic rings. The van der Waals surface area contributed by atoms with Gasteiger partial charge in [-0.25, -0.2) is 0 Å². The van der Waals surface area contributed by atoms with Crippen molar-refractivity contribution in [1.82, 2.24) is 0 Å². The maximum atomic E-state index is 13.5. The maximum absolute atomic E-state index is 13.5. The van der Waals surface area contributed by atoms with E-state index < -0.39 is 24.0 Å². The summed E-state index contributed by atoms with van der Waals surface area (Å²) >= 11 is 0. The van der Waals surface area contributed by atoms with Crippen LogP contribution in [0.5, 0.6) is 0 Å². The van der Waals surface area contributed by atoms with Crippen molar-refractivity contribution >= 4 is 11.4 Å². The lowest BCUT2D eigenvalue weighted by molar-refractivity contribution is -0.248. The minimum Gasteiger partial charge on any atom is -0.362 e. The summed E-state index contributed by atoms with van der Waals surface area (Å²) in [6.45, 7) is 1.92. The predicted octanol–water partition coefficient (Wildman–Crippen LogP) is 3.60. The van der Waals surface area contributed by atoms with Crippen LogP contribution in [-0.2, 0) is 0 Å². The highest BCUT2D eigenvalue weighted by atomic mass is 19.4. The van der Waals surface area contributed by atoms with Gasteiger partial charge >= 0.3 is 6.18 Å². The van der Waals surface area contributed by atoms with Crippen molar-refractivity contribution < 1.29 is 18.3 Å². The number of para-hydroxylation sites is 2. The van der Waals surface area contributed by atoms with Crippen LogP contribution in [0.15, 0.2) is 48.5 Å². The molecule has 0 aromatic heterocycles. The summed E-state index contributed by atoms with van der Waals surface area (Å²) in [5, 5.41) is 12.7. The van der Waals surface area contributed by atoms with Gasteiger partial charge in [-0.2, -0.15) is 13.2 Å². The fraction of sp³-hybridized carbons (Fsp3) is 0.294. The first kappa shape index (κ1) is 14.4. The molecule has 120 valence electrons. The Bertz CT molecular complexity index is 759. The predicted molar refractivity (Wildman–Crippen MR) is 81.3 cm³/mol. The third-order valence-electron chi connectivity index (χ3n) is 4.60. The van der Waals surface area contributed by atoms with Crippen LogP contribution in [0.2, 0.25) is 0 Å². The maximum Gasteiger partial charge on any atom is 0.438 e. The lowest BCUT2D eigenvalue weighted by Gasteiger charge is -2.36. The average molecular weight is 320 g/mol. The SMILES string of the molecule is Cc1ccc([C@H]2[C@H]3N2c2ccccc2N[C@]3(O)C(F)(F)F)cc1. The van der Waals surface area contributed by atoms with E-state index in [9.17, 15) is 18.3 Å². The number of alkyl halides is 3. The van der Waals surface area contributed by atoms with E-state index in [1.807, 2.05) is 31.2 Å². The summed E-state index contributed by atoms with van der Waals surface area (Å²) in [5.74, 6) is 0. The van der Waals surface area contributed by atoms with E-state index in [1.54, 1.807) is 29.2 Å². The number of aryl methyl sites for hydroxylation is 1. The first-order valence-electron chi connectivity index (χ1n) is 7.34. The summed E-state index contributed by atoms with van der Waals surface area (Å²) < 4.78 is 40.5. The van der Waals surface area contributed by atoms with Crippen LogP contribution >= 0.6 is 0 Å². The average Bonchev–Trinajstić information content (AvgIpc) is 3.24. The summed E-state index contributed by atoms with van der Waals surface area (Å²) in [6, 6.07) is 12.5. The number of nitrogens with one attached hydrogen (secondary N) is 1. The summed E-state index contributed by atoms with van der Waals surface area (Å²) in [4.78, 5) is 1.63. The van der Waals surface area contributed by atoms with Gasteiger partial charge in [-0.3, -0.25) is 0 Å². The van der Waals surface area contributed by atoms with E-state index in [0.717, 1.165) is 11.1 Å². The fourth-order valence-electron chi connectivity index (χ4n) is 3.39. The van der Waals surface area contributed by atoms with Crippen LogP contribution in [0.25, 0.3) is 0 Å². The van der Waals surface area contributed by atoms with Gasteiger partial charge in [0.1, 0.15) is 6.04 Å². The molecule has 0 spiro atoms. The van der Waals surface area contributed by atoms with Gasteiger partial charge in [0, 0.05) is 0 Å². The molecular formula is C17H15F3N2O. The van der Waals surface area contributed by atoms with E-state index in [0.29, 0.717) is 5.69 Å². The van der Waals surface area contributed by atoms with Gasteiger partial charge in [0.2, 0.25) is 0 Å². The molecule has 6 heteroatoms. The van der Waals surface area contributed by atoms with Crippen LogP contribution in [0.1, 0.15) is 17.2 Å². The molecule has 2 heterocycles. The Morgan fingerprint density at radius 2 is 1.74 bits per heavy atom. The third kappa shape index (κ3) is 1.94. The number of halogens is 3. The summed E-state index contributed by atoms with van der Waals surface area (Å²) in [7, 11) is 0. The molecule has 0 aliphatic carbocycles. The smallest absolute Gasteiger partial charge is 0.362 e. The molecule has 2 aliphatic heterocycles. The van der Waals surface area contributed by atoms with E-state index in [1.165, 1.54) is 0 Å². The van der Waals surface area contributed by atoms with Crippen molar-refractivity contribution in [2.75, 3.05) is 10.2 Å². The highest BCUT2D eigenvalue weighted by Crippen LogP contribution is 2.60. The van der Waals surface area contributed by atoms with Crippen molar-refractivity contribution in [3.63, 3.8) is 0 Å². The van der Waals surface area contributed by atoms with Crippen LogP contribution in [0.3, 0.4) is 0 Å². The summed E-state index contributed by atoms with van der Waals surface area (Å²) in [5.41, 5.74) is -0.189. The van der Waals surface area contributed by atoms with E-state index in [4.69, 9.17) is 0 Å². The van der Waals surface area contributed by atoms with Crippen LogP contribution in [-0.4, -0.2) is 23.0 Å². The highest BCUT2D eigenvalue weighted by Gasteiger charge is 2.73. The Balaban J connectivity index is 1.82. The van der Waals surface area contributed by atoms with Crippen molar-refractivity contribution in [2.45, 2.75) is 30.9 Å². The number of aliphatic hydroxyl groups is 1. The molecule has 23 heavy (non-hydrogen) atoms. The molecule has 4 rings (SSSR count). The molecule has 2 aliphatic rings. The number of fused-ring (bicyclic) bond motifs is 3. The van der Waals surface area contributed by atoms with E-state index >= 15 is 0 Å². The first-order valence-corrected chi connectivity index (χ1v) is 7.34. The highest BCUT2D eigenvalue weighted by molar-refractivity contribution is 5.80. The molecule has 3 nitrogen and oxygen atoms in total. The molecule has 0 saturated carbocycles. The molecule has 1 saturated heterocycles. The van der Waals surface area contributed by atoms with Gasteiger partial charge in [-0.15, -0.1) is 0 Å². The molecule has 2 aromatic carbocycles. The zero-order valence-electron chi connectivity index (χ0n) is 12.3. The third-order valence-corrected chi connectivity index (χ3v) is 4.60. The largest absolute Gasteiger partial charge is 0.438 e. The van der Waals surface area contributed by atoms with Crippen molar-refractivity contribution in [2.24, 2.45) is 0 Å². The van der Waals surface area contributed by atoms with Crippen molar-refractivity contribution in [3.05, 3.63) is 59.7 Å². The second-order valence-electron chi connectivity index (χ2n) is 6.11. The quantitative estimate of drug-likeness (QED) is 0.788. The van der Waals surface area contributed by atoms with Crippen LogP contribution in [0.4, 0.5) is 24.5 Å². The Morgan fingerprint density at radius 1 is 1.09 bits per heavy atom.